The molecule has 39 heavy (non-hydrogen) atoms. The molecule has 3 heterocycles. The molecule has 1 aliphatic rings. The van der Waals surface area contributed by atoms with E-state index in [0.29, 0.717) is 35.4 Å². The maximum Gasteiger partial charge on any atom is 0.387 e. The molecule has 1 unspecified atom stereocenters. The van der Waals surface area contributed by atoms with Gasteiger partial charge in [0.25, 0.3) is 5.56 Å². The number of fused-ring (bicyclic) bond motifs is 1. The highest BCUT2D eigenvalue weighted by Gasteiger charge is 2.23. The molecular formula is C28H30F2N6O3. The first-order valence-corrected chi connectivity index (χ1v) is 12.8. The van der Waals surface area contributed by atoms with Crippen molar-refractivity contribution in [1.29, 1.82) is 0 Å². The van der Waals surface area contributed by atoms with Crippen LogP contribution in [0.15, 0.2) is 53.6 Å². The summed E-state index contributed by atoms with van der Waals surface area (Å²) in [5.74, 6) is 0.614. The summed E-state index contributed by atoms with van der Waals surface area (Å²) < 4.78 is 34.1. The van der Waals surface area contributed by atoms with Crippen LogP contribution in [0, 0.1) is 0 Å². The van der Waals surface area contributed by atoms with E-state index in [2.05, 4.69) is 15.3 Å². The van der Waals surface area contributed by atoms with E-state index in [9.17, 15) is 18.4 Å². The largest absolute Gasteiger partial charge is 0.434 e. The number of nitrogens with zero attached hydrogens (tertiary/aromatic N) is 5. The summed E-state index contributed by atoms with van der Waals surface area (Å²) >= 11 is 0. The molecule has 0 radical (unpaired) electrons. The number of benzene rings is 2. The van der Waals surface area contributed by atoms with Gasteiger partial charge in [-0.25, -0.2) is 9.97 Å². The van der Waals surface area contributed by atoms with Gasteiger partial charge in [0.1, 0.15) is 5.75 Å². The molecule has 11 heteroatoms. The van der Waals surface area contributed by atoms with Crippen molar-refractivity contribution in [1.82, 2.24) is 24.2 Å². The molecule has 0 saturated carbocycles. The molecule has 0 spiro atoms. The van der Waals surface area contributed by atoms with E-state index in [4.69, 9.17) is 4.74 Å². The summed E-state index contributed by atoms with van der Waals surface area (Å²) in [7, 11) is 3.45. The second kappa shape index (κ2) is 10.8. The van der Waals surface area contributed by atoms with E-state index in [-0.39, 0.29) is 29.8 Å². The Labute approximate surface area is 224 Å². The Morgan fingerprint density at radius 2 is 1.85 bits per heavy atom. The number of hydrogen-bond acceptors (Lipinski definition) is 6. The molecule has 204 valence electrons. The number of aromatic nitrogens is 4. The minimum atomic E-state index is -2.95. The van der Waals surface area contributed by atoms with E-state index in [1.165, 1.54) is 4.68 Å². The Morgan fingerprint density at radius 1 is 1.08 bits per heavy atom. The molecule has 1 fully saturated rings. The smallest absolute Gasteiger partial charge is 0.387 e. The van der Waals surface area contributed by atoms with Crippen molar-refractivity contribution in [3.63, 3.8) is 0 Å². The Hall–Kier alpha value is -4.28. The number of anilines is 1. The Morgan fingerprint density at radius 3 is 2.54 bits per heavy atom. The number of piperidine rings is 1. The van der Waals surface area contributed by atoms with Crippen molar-refractivity contribution in [3.8, 4) is 16.9 Å². The van der Waals surface area contributed by atoms with Gasteiger partial charge >= 0.3 is 6.61 Å². The maximum atomic E-state index is 13.1. The van der Waals surface area contributed by atoms with Gasteiger partial charge in [0.2, 0.25) is 11.9 Å². The number of carbonyl (C=O) groups excluding carboxylic acids is 1. The van der Waals surface area contributed by atoms with E-state index in [0.717, 1.165) is 29.5 Å². The number of nitrogens with one attached hydrogen (secondary N) is 1. The van der Waals surface area contributed by atoms with Crippen LogP contribution in [0.1, 0.15) is 30.9 Å². The van der Waals surface area contributed by atoms with Gasteiger partial charge in [0.05, 0.1) is 17.4 Å². The molecule has 1 amide bonds. The highest BCUT2D eigenvalue weighted by molar-refractivity contribution is 5.84. The van der Waals surface area contributed by atoms with Gasteiger partial charge in [-0.1, -0.05) is 25.1 Å². The number of likely N-dealkylation sites (tertiary alicyclic amines) is 1. The molecule has 0 bridgehead atoms. The first-order chi connectivity index (χ1) is 18.7. The lowest BCUT2D eigenvalue weighted by atomic mass is 10.1. The van der Waals surface area contributed by atoms with Crippen molar-refractivity contribution in [3.05, 3.63) is 70.3 Å². The zero-order chi connectivity index (χ0) is 27.7. The van der Waals surface area contributed by atoms with Gasteiger partial charge in [-0.15, -0.1) is 0 Å². The van der Waals surface area contributed by atoms with Crippen molar-refractivity contribution in [2.24, 2.45) is 7.05 Å². The van der Waals surface area contributed by atoms with Crippen LogP contribution in [0.5, 0.6) is 5.75 Å². The van der Waals surface area contributed by atoms with Crippen molar-refractivity contribution in [2.75, 3.05) is 18.9 Å². The van der Waals surface area contributed by atoms with Crippen LogP contribution in [-0.4, -0.2) is 56.4 Å². The fourth-order valence-electron chi connectivity index (χ4n) is 4.89. The zero-order valence-corrected chi connectivity index (χ0v) is 22.0. The van der Waals surface area contributed by atoms with Crippen LogP contribution in [0.2, 0.25) is 0 Å². The summed E-state index contributed by atoms with van der Waals surface area (Å²) in [6.07, 6.45) is 5.34. The zero-order valence-electron chi connectivity index (χ0n) is 22.0. The van der Waals surface area contributed by atoms with Gasteiger partial charge in [0, 0.05) is 56.6 Å². The Kier molecular flexibility index (Phi) is 7.32. The number of halogens is 2. The summed E-state index contributed by atoms with van der Waals surface area (Å²) in [6, 6.07) is 10.6. The summed E-state index contributed by atoms with van der Waals surface area (Å²) in [6.45, 7) is -0.115. The van der Waals surface area contributed by atoms with Crippen molar-refractivity contribution < 1.29 is 18.3 Å². The molecule has 1 aliphatic heterocycles. The number of ether oxygens (including phenoxy) is 1. The Bertz CT molecular complexity index is 1560. The fourth-order valence-corrected chi connectivity index (χ4v) is 4.89. The lowest BCUT2D eigenvalue weighted by molar-refractivity contribution is -0.132. The second-order valence-corrected chi connectivity index (χ2v) is 9.74. The molecule has 1 N–H and O–H groups in total. The van der Waals surface area contributed by atoms with E-state index in [1.807, 2.05) is 25.1 Å². The number of alkyl halides is 2. The molecule has 1 saturated heterocycles. The van der Waals surface area contributed by atoms with Gasteiger partial charge < -0.3 is 15.0 Å². The molecule has 0 aliphatic carbocycles. The van der Waals surface area contributed by atoms with E-state index < -0.39 is 6.61 Å². The predicted octanol–water partition coefficient (Wildman–Crippen LogP) is 4.04. The molecular weight excluding hydrogens is 506 g/mol. The van der Waals surface area contributed by atoms with Crippen LogP contribution in [0.25, 0.3) is 22.0 Å². The maximum absolute atomic E-state index is 13.1. The lowest BCUT2D eigenvalue weighted by Crippen LogP contribution is -2.41. The fraction of sp³-hybridized carbons (Fsp3) is 0.357. The standard InChI is InChI=1S/C28H30F2N6O3/c1-4-17-5-8-24(39-27(29)30)19(11-17)16-36-23-12-18(6-7-22(23)26(38)35(36)3)20-14-31-28(32-15-20)33-21-9-10-34(2)25(37)13-21/h5-8,11-12,14-15,21,27H,4,9-10,13,16H2,1-3H3,(H,31,32,33). The van der Waals surface area contributed by atoms with E-state index in [1.54, 1.807) is 54.3 Å². The third-order valence-electron chi connectivity index (χ3n) is 7.21. The molecule has 5 rings (SSSR count). The van der Waals surface area contributed by atoms with Crippen LogP contribution >= 0.6 is 0 Å². The predicted molar refractivity (Wildman–Crippen MR) is 144 cm³/mol. The first-order valence-electron chi connectivity index (χ1n) is 12.8. The number of amides is 1. The lowest BCUT2D eigenvalue weighted by Gasteiger charge is -2.29. The minimum Gasteiger partial charge on any atom is -0.434 e. The van der Waals surface area contributed by atoms with Crippen molar-refractivity contribution in [2.45, 2.75) is 45.4 Å². The van der Waals surface area contributed by atoms with Crippen LogP contribution in [0.4, 0.5) is 14.7 Å². The monoisotopic (exact) mass is 536 g/mol. The SMILES string of the molecule is CCc1ccc(OC(F)F)c(Cn2c3cc(-c4cnc(NC5CCN(C)C(=O)C5)nc4)ccc3c(=O)n2C)c1. The van der Waals surface area contributed by atoms with Crippen LogP contribution in [0.3, 0.4) is 0 Å². The van der Waals surface area contributed by atoms with Gasteiger partial charge in [0.15, 0.2) is 0 Å². The third-order valence-corrected chi connectivity index (χ3v) is 7.21. The average Bonchev–Trinajstić information content (AvgIpc) is 3.16. The third kappa shape index (κ3) is 5.47. The number of carbonyl (C=O) groups is 1. The van der Waals surface area contributed by atoms with Crippen LogP contribution < -0.4 is 15.6 Å². The quantitative estimate of drug-likeness (QED) is 0.365. The average molecular weight is 537 g/mol. The second-order valence-electron chi connectivity index (χ2n) is 9.74. The highest BCUT2D eigenvalue weighted by atomic mass is 19.3. The van der Waals surface area contributed by atoms with Gasteiger partial charge in [-0.2, -0.15) is 8.78 Å². The first kappa shape index (κ1) is 26.3. The summed E-state index contributed by atoms with van der Waals surface area (Å²) in [4.78, 5) is 35.6. The minimum absolute atomic E-state index is 0.0141. The number of aryl methyl sites for hydroxylation is 1. The van der Waals surface area contributed by atoms with Crippen LogP contribution in [-0.2, 0) is 24.8 Å². The topological polar surface area (TPSA) is 94.3 Å². The van der Waals surface area contributed by atoms with Gasteiger partial charge in [-0.05, 0) is 42.2 Å². The molecule has 2 aromatic heterocycles. The normalized spacial score (nSPS) is 15.8. The molecule has 9 nitrogen and oxygen atoms in total. The van der Waals surface area contributed by atoms with Gasteiger partial charge in [-0.3, -0.25) is 19.0 Å². The summed E-state index contributed by atoms with van der Waals surface area (Å²) in [5, 5.41) is 3.74. The highest BCUT2D eigenvalue weighted by Crippen LogP contribution is 2.27. The Balaban J connectivity index is 1.44. The van der Waals surface area contributed by atoms with E-state index >= 15 is 0 Å². The van der Waals surface area contributed by atoms with Crippen molar-refractivity contribution >= 4 is 22.8 Å². The summed E-state index contributed by atoms with van der Waals surface area (Å²) in [5.41, 5.74) is 3.54. The molecule has 4 aromatic rings. The molecule has 2 aromatic carbocycles. The number of hydrogen-bond donors (Lipinski definition) is 1. The molecule has 1 atom stereocenters. The number of rotatable bonds is 8.